The Morgan fingerprint density at radius 2 is 1.77 bits per heavy atom. The lowest BCUT2D eigenvalue weighted by Crippen LogP contribution is -2.27. The van der Waals surface area contributed by atoms with E-state index in [1.54, 1.807) is 0 Å². The van der Waals surface area contributed by atoms with Gasteiger partial charge in [-0.3, -0.25) is 0 Å². The van der Waals surface area contributed by atoms with Gasteiger partial charge in [-0.1, -0.05) is 54.1 Å². The maximum absolute atomic E-state index is 12.0. The summed E-state index contributed by atoms with van der Waals surface area (Å²) in [6, 6.07) is 18.4. The van der Waals surface area contributed by atoms with Gasteiger partial charge in [0.2, 0.25) is 0 Å². The highest BCUT2D eigenvalue weighted by Gasteiger charge is 2.23. The lowest BCUT2D eigenvalue weighted by atomic mass is 10.1. The Balaban J connectivity index is 1.74. The zero-order valence-corrected chi connectivity index (χ0v) is 18.5. The number of carboxylic acid groups (broad SMARTS) is 1. The van der Waals surface area contributed by atoms with Gasteiger partial charge in [-0.05, 0) is 56.9 Å². The van der Waals surface area contributed by atoms with Gasteiger partial charge in [-0.15, -0.1) is 0 Å². The summed E-state index contributed by atoms with van der Waals surface area (Å²) < 4.78 is 2.07. The molecule has 2 N–H and O–H groups in total. The van der Waals surface area contributed by atoms with Crippen molar-refractivity contribution in [1.82, 2.24) is 9.88 Å². The van der Waals surface area contributed by atoms with Crippen molar-refractivity contribution in [2.75, 3.05) is 0 Å². The standard InChI is InChI=1S/C25H29ClN2O2/c1-17(12-13-20-8-5-4-6-9-20)27-15-23-18(2)28(19(3)24(23)25(29)30)16-21-10-7-11-22(26)14-21/h4-11,14,17,27H,12-13,15-16H2,1-3H3,(H,29,30)/t17-/m1/s1. The third-order valence-corrected chi connectivity index (χ3v) is 5.92. The van der Waals surface area contributed by atoms with E-state index in [0.717, 1.165) is 35.4 Å². The maximum atomic E-state index is 12.0. The number of halogens is 1. The minimum Gasteiger partial charge on any atom is -0.478 e. The summed E-state index contributed by atoms with van der Waals surface area (Å²) in [7, 11) is 0. The van der Waals surface area contributed by atoms with Gasteiger partial charge >= 0.3 is 5.97 Å². The van der Waals surface area contributed by atoms with Gasteiger partial charge in [0.15, 0.2) is 0 Å². The van der Waals surface area contributed by atoms with Crippen LogP contribution in [0.15, 0.2) is 54.6 Å². The quantitative estimate of drug-likeness (QED) is 0.469. The molecule has 2 aromatic carbocycles. The molecule has 0 amide bonds. The van der Waals surface area contributed by atoms with Gasteiger partial charge in [0, 0.05) is 41.1 Å². The smallest absolute Gasteiger partial charge is 0.337 e. The highest BCUT2D eigenvalue weighted by Crippen LogP contribution is 2.25. The predicted octanol–water partition coefficient (Wildman–Crippen LogP) is 5.62. The van der Waals surface area contributed by atoms with Crippen LogP contribution in [0.25, 0.3) is 0 Å². The number of nitrogens with one attached hydrogen (secondary N) is 1. The number of carboxylic acids is 1. The van der Waals surface area contributed by atoms with Gasteiger partial charge in [-0.2, -0.15) is 0 Å². The van der Waals surface area contributed by atoms with Crippen LogP contribution in [0, 0.1) is 13.8 Å². The van der Waals surface area contributed by atoms with E-state index in [9.17, 15) is 9.90 Å². The van der Waals surface area contributed by atoms with Crippen LogP contribution in [0.1, 0.15) is 51.8 Å². The molecule has 30 heavy (non-hydrogen) atoms. The second kappa shape index (κ2) is 9.96. The lowest BCUT2D eigenvalue weighted by Gasteiger charge is -2.15. The molecule has 0 aliphatic carbocycles. The highest BCUT2D eigenvalue weighted by molar-refractivity contribution is 6.30. The lowest BCUT2D eigenvalue weighted by molar-refractivity contribution is 0.0694. The number of aryl methyl sites for hydroxylation is 1. The molecule has 0 aliphatic rings. The zero-order chi connectivity index (χ0) is 21.7. The number of rotatable bonds is 9. The van der Waals surface area contributed by atoms with Crippen LogP contribution in [0.3, 0.4) is 0 Å². The van der Waals surface area contributed by atoms with Gasteiger partial charge in [0.25, 0.3) is 0 Å². The number of aromatic nitrogens is 1. The molecule has 3 rings (SSSR count). The predicted molar refractivity (Wildman–Crippen MR) is 122 cm³/mol. The van der Waals surface area contributed by atoms with E-state index in [-0.39, 0.29) is 6.04 Å². The SMILES string of the molecule is Cc1c(CN[C@H](C)CCc2ccccc2)c(C(=O)O)c(C)n1Cc1cccc(Cl)c1. The van der Waals surface area contributed by atoms with Gasteiger partial charge in [0.05, 0.1) is 5.56 Å². The fourth-order valence-corrected chi connectivity index (χ4v) is 4.12. The molecule has 0 saturated carbocycles. The molecule has 5 heteroatoms. The Labute approximate surface area is 183 Å². The fraction of sp³-hybridized carbons (Fsp3) is 0.320. The van der Waals surface area contributed by atoms with E-state index in [1.807, 2.05) is 44.2 Å². The summed E-state index contributed by atoms with van der Waals surface area (Å²) in [5.74, 6) is -0.880. The van der Waals surface area contributed by atoms with Gasteiger partial charge < -0.3 is 15.0 Å². The van der Waals surface area contributed by atoms with Crippen LogP contribution in [-0.4, -0.2) is 21.7 Å². The number of hydrogen-bond acceptors (Lipinski definition) is 2. The second-order valence-corrected chi connectivity index (χ2v) is 8.29. The first-order valence-electron chi connectivity index (χ1n) is 10.3. The monoisotopic (exact) mass is 424 g/mol. The molecule has 0 bridgehead atoms. The Morgan fingerprint density at radius 3 is 2.43 bits per heavy atom. The summed E-state index contributed by atoms with van der Waals surface area (Å²) in [5, 5.41) is 14.1. The number of nitrogens with zero attached hydrogens (tertiary/aromatic N) is 1. The largest absolute Gasteiger partial charge is 0.478 e. The second-order valence-electron chi connectivity index (χ2n) is 7.85. The van der Waals surface area contributed by atoms with Crippen molar-refractivity contribution in [1.29, 1.82) is 0 Å². The maximum Gasteiger partial charge on any atom is 0.337 e. The topological polar surface area (TPSA) is 54.3 Å². The summed E-state index contributed by atoms with van der Waals surface area (Å²) in [6.45, 7) is 7.16. The Morgan fingerprint density at radius 1 is 1.07 bits per heavy atom. The average molecular weight is 425 g/mol. The molecule has 0 aliphatic heterocycles. The van der Waals surface area contributed by atoms with Gasteiger partial charge in [0.1, 0.15) is 0 Å². The molecule has 0 saturated heterocycles. The number of hydrogen-bond donors (Lipinski definition) is 2. The summed E-state index contributed by atoms with van der Waals surface area (Å²) in [6.07, 6.45) is 1.99. The molecule has 1 atom stereocenters. The van der Waals surface area contributed by atoms with E-state index in [4.69, 9.17) is 11.6 Å². The number of aromatic carboxylic acids is 1. The first-order valence-corrected chi connectivity index (χ1v) is 10.7. The van der Waals surface area contributed by atoms with E-state index in [1.165, 1.54) is 5.56 Å². The highest BCUT2D eigenvalue weighted by atomic mass is 35.5. The molecule has 0 radical (unpaired) electrons. The summed E-state index contributed by atoms with van der Waals surface area (Å²) >= 11 is 6.12. The third-order valence-electron chi connectivity index (χ3n) is 5.69. The van der Waals surface area contributed by atoms with Crippen LogP contribution < -0.4 is 5.32 Å². The van der Waals surface area contributed by atoms with Crippen molar-refractivity contribution in [2.45, 2.75) is 52.7 Å². The van der Waals surface area contributed by atoms with E-state index in [0.29, 0.717) is 23.7 Å². The van der Waals surface area contributed by atoms with Crippen molar-refractivity contribution >= 4 is 17.6 Å². The third kappa shape index (κ3) is 5.32. The first kappa shape index (κ1) is 22.1. The molecular weight excluding hydrogens is 396 g/mol. The minimum atomic E-state index is -0.880. The van der Waals surface area contributed by atoms with Crippen LogP contribution in [-0.2, 0) is 19.5 Å². The average Bonchev–Trinajstić information content (AvgIpc) is 2.96. The molecule has 0 fully saturated rings. The molecule has 158 valence electrons. The van der Waals surface area contributed by atoms with Crippen LogP contribution in [0.5, 0.6) is 0 Å². The van der Waals surface area contributed by atoms with Crippen LogP contribution in [0.4, 0.5) is 0 Å². The Hall–Kier alpha value is -2.56. The first-order chi connectivity index (χ1) is 14.4. The van der Waals surface area contributed by atoms with E-state index < -0.39 is 5.97 Å². The molecule has 1 aromatic heterocycles. The van der Waals surface area contributed by atoms with Crippen molar-refractivity contribution in [3.63, 3.8) is 0 Å². The molecule has 0 spiro atoms. The van der Waals surface area contributed by atoms with Gasteiger partial charge in [-0.25, -0.2) is 4.79 Å². The van der Waals surface area contributed by atoms with Crippen molar-refractivity contribution in [3.8, 4) is 0 Å². The summed E-state index contributed by atoms with van der Waals surface area (Å²) in [4.78, 5) is 12.0. The van der Waals surface area contributed by atoms with E-state index in [2.05, 4.69) is 41.1 Å². The normalized spacial score (nSPS) is 12.1. The molecule has 1 heterocycles. The zero-order valence-electron chi connectivity index (χ0n) is 17.8. The molecular formula is C25H29ClN2O2. The summed E-state index contributed by atoms with van der Waals surface area (Å²) in [5.41, 5.74) is 5.38. The Kier molecular flexibility index (Phi) is 7.35. The van der Waals surface area contributed by atoms with Crippen molar-refractivity contribution < 1.29 is 9.90 Å². The van der Waals surface area contributed by atoms with Crippen LogP contribution in [0.2, 0.25) is 5.02 Å². The Bertz CT molecular complexity index is 1010. The molecule has 4 nitrogen and oxygen atoms in total. The molecule has 0 unspecified atom stereocenters. The fourth-order valence-electron chi connectivity index (χ4n) is 3.91. The van der Waals surface area contributed by atoms with Crippen molar-refractivity contribution in [3.05, 3.63) is 93.3 Å². The number of benzene rings is 2. The van der Waals surface area contributed by atoms with Crippen molar-refractivity contribution in [2.24, 2.45) is 0 Å². The van der Waals surface area contributed by atoms with E-state index >= 15 is 0 Å². The minimum absolute atomic E-state index is 0.280. The number of carbonyl (C=O) groups is 1. The molecule has 3 aromatic rings. The van der Waals surface area contributed by atoms with Crippen LogP contribution >= 0.6 is 11.6 Å².